The molecule has 22 heavy (non-hydrogen) atoms. The van der Waals surface area contributed by atoms with Gasteiger partial charge in [-0.25, -0.2) is 9.76 Å². The van der Waals surface area contributed by atoms with E-state index in [-0.39, 0.29) is 11.5 Å². The molecule has 4 saturated carbocycles. The van der Waals surface area contributed by atoms with Gasteiger partial charge in [0.25, 0.3) is 0 Å². The lowest BCUT2D eigenvalue weighted by Gasteiger charge is -2.63. The van der Waals surface area contributed by atoms with Crippen LogP contribution in [0.25, 0.3) is 0 Å². The second-order valence-corrected chi connectivity index (χ2v) is 10.6. The smallest absolute Gasteiger partial charge is 0.302 e. The molecule has 1 N–H and O–H groups in total. The highest BCUT2D eigenvalue weighted by Crippen LogP contribution is 2.67. The van der Waals surface area contributed by atoms with Crippen LogP contribution in [0.5, 0.6) is 0 Å². The zero-order valence-corrected chi connectivity index (χ0v) is 15.3. The first-order valence-electron chi connectivity index (χ1n) is 8.49. The Kier molecular flexibility index (Phi) is 4.33. The van der Waals surface area contributed by atoms with Crippen molar-refractivity contribution < 1.29 is 9.09 Å². The summed E-state index contributed by atoms with van der Waals surface area (Å²) in [4.78, 5) is 0. The van der Waals surface area contributed by atoms with Crippen molar-refractivity contribution in [2.45, 2.75) is 38.2 Å². The number of halogens is 2. The van der Waals surface area contributed by atoms with Crippen LogP contribution in [0.4, 0.5) is 0 Å². The van der Waals surface area contributed by atoms with E-state index in [1.807, 2.05) is 4.67 Å². The standard InChI is InChI=1S/C15H25Cl2N2O2P/c16-1-3-19(4-2-17)22(20)18-10-15-8-11-5-12(9-15)7-13(6-11)14(15)21-22/h11-14H,1-10H2,(H,18,20). The molecule has 4 nitrogen and oxygen atoms in total. The molecule has 0 aromatic heterocycles. The second kappa shape index (κ2) is 5.89. The molecule has 5 rings (SSSR count). The Morgan fingerprint density at radius 1 is 1.14 bits per heavy atom. The van der Waals surface area contributed by atoms with Gasteiger partial charge in [-0.1, -0.05) is 0 Å². The molecule has 126 valence electrons. The zero-order chi connectivity index (χ0) is 15.4. The van der Waals surface area contributed by atoms with Crippen LogP contribution in [0.1, 0.15) is 32.1 Å². The number of hydrogen-bond donors (Lipinski definition) is 1. The van der Waals surface area contributed by atoms with E-state index in [0.29, 0.717) is 30.8 Å². The molecule has 5 aliphatic rings. The number of alkyl halides is 2. The van der Waals surface area contributed by atoms with E-state index in [9.17, 15) is 4.57 Å². The summed E-state index contributed by atoms with van der Waals surface area (Å²) >= 11 is 11.8. The van der Waals surface area contributed by atoms with Gasteiger partial charge < -0.3 is 4.52 Å². The minimum absolute atomic E-state index is 0.167. The van der Waals surface area contributed by atoms with Gasteiger partial charge in [-0.3, -0.25) is 4.57 Å². The van der Waals surface area contributed by atoms with Crippen LogP contribution in [-0.2, 0) is 9.09 Å². The minimum Gasteiger partial charge on any atom is -0.302 e. The Labute approximate surface area is 142 Å². The molecule has 4 unspecified atom stereocenters. The van der Waals surface area contributed by atoms with Gasteiger partial charge in [0, 0.05) is 36.8 Å². The third-order valence-electron chi connectivity index (χ3n) is 6.31. The maximum atomic E-state index is 13.4. The number of hydrogen-bond acceptors (Lipinski definition) is 2. The van der Waals surface area contributed by atoms with Crippen molar-refractivity contribution in [3.8, 4) is 0 Å². The molecule has 1 saturated heterocycles. The summed E-state index contributed by atoms with van der Waals surface area (Å²) in [5.74, 6) is 3.23. The molecule has 0 aromatic rings. The zero-order valence-electron chi connectivity index (χ0n) is 12.8. The summed E-state index contributed by atoms with van der Waals surface area (Å²) in [5, 5.41) is 3.29. The molecule has 4 atom stereocenters. The van der Waals surface area contributed by atoms with Gasteiger partial charge in [0.2, 0.25) is 0 Å². The lowest BCUT2D eigenvalue weighted by atomic mass is 9.48. The third kappa shape index (κ3) is 2.50. The van der Waals surface area contributed by atoms with Gasteiger partial charge in [-0.2, -0.15) is 0 Å². The highest BCUT2D eigenvalue weighted by molar-refractivity contribution is 7.54. The molecule has 1 aliphatic heterocycles. The van der Waals surface area contributed by atoms with E-state index in [0.717, 1.165) is 18.4 Å². The molecule has 0 amide bonds. The van der Waals surface area contributed by atoms with Crippen LogP contribution in [0.3, 0.4) is 0 Å². The maximum Gasteiger partial charge on any atom is 0.343 e. The van der Waals surface area contributed by atoms with Crippen LogP contribution < -0.4 is 5.09 Å². The third-order valence-corrected chi connectivity index (χ3v) is 8.86. The molecular weight excluding hydrogens is 342 g/mol. The topological polar surface area (TPSA) is 41.6 Å². The molecule has 0 aromatic carbocycles. The Morgan fingerprint density at radius 2 is 1.77 bits per heavy atom. The van der Waals surface area contributed by atoms with Crippen molar-refractivity contribution in [1.82, 2.24) is 9.76 Å². The Balaban J connectivity index is 1.57. The first kappa shape index (κ1) is 16.2. The summed E-state index contributed by atoms with van der Waals surface area (Å²) < 4.78 is 21.5. The fourth-order valence-corrected chi connectivity index (χ4v) is 8.79. The fourth-order valence-electron chi connectivity index (χ4n) is 5.79. The summed E-state index contributed by atoms with van der Waals surface area (Å²) in [6.45, 7) is 1.93. The van der Waals surface area contributed by atoms with Crippen LogP contribution in [0.15, 0.2) is 0 Å². The van der Waals surface area contributed by atoms with Gasteiger partial charge in [0.15, 0.2) is 0 Å². The summed E-state index contributed by atoms with van der Waals surface area (Å²) in [5.41, 5.74) is 0.232. The van der Waals surface area contributed by atoms with E-state index in [1.54, 1.807) is 0 Å². The quantitative estimate of drug-likeness (QED) is 0.595. The summed E-state index contributed by atoms with van der Waals surface area (Å²) in [6, 6.07) is 0. The predicted octanol–water partition coefficient (Wildman–Crippen LogP) is 3.69. The lowest BCUT2D eigenvalue weighted by Crippen LogP contribution is -2.63. The fraction of sp³-hybridized carbons (Fsp3) is 1.00. The van der Waals surface area contributed by atoms with Crippen molar-refractivity contribution in [1.29, 1.82) is 0 Å². The second-order valence-electron chi connectivity index (χ2n) is 7.68. The lowest BCUT2D eigenvalue weighted by molar-refractivity contribution is -0.152. The molecule has 1 spiro atoms. The number of rotatable bonds is 5. The van der Waals surface area contributed by atoms with Gasteiger partial charge >= 0.3 is 7.67 Å². The van der Waals surface area contributed by atoms with Gasteiger partial charge in [-0.05, 0) is 49.9 Å². The molecule has 1 heterocycles. The van der Waals surface area contributed by atoms with Crippen molar-refractivity contribution >= 4 is 30.9 Å². The average molecular weight is 367 g/mol. The van der Waals surface area contributed by atoms with Gasteiger partial charge in [0.05, 0.1) is 6.10 Å². The van der Waals surface area contributed by atoms with E-state index >= 15 is 0 Å². The Bertz CT molecular complexity index is 472. The van der Waals surface area contributed by atoms with Crippen molar-refractivity contribution in [3.63, 3.8) is 0 Å². The van der Waals surface area contributed by atoms with E-state index < -0.39 is 7.67 Å². The van der Waals surface area contributed by atoms with E-state index in [1.165, 1.54) is 32.1 Å². The van der Waals surface area contributed by atoms with Crippen LogP contribution in [-0.4, -0.2) is 42.2 Å². The van der Waals surface area contributed by atoms with Gasteiger partial charge in [0.1, 0.15) is 0 Å². The molecule has 7 heteroatoms. The molecule has 4 bridgehead atoms. The minimum atomic E-state index is -3.00. The molecule has 5 fully saturated rings. The van der Waals surface area contributed by atoms with Crippen molar-refractivity contribution in [2.24, 2.45) is 23.2 Å². The highest BCUT2D eigenvalue weighted by atomic mass is 35.5. The van der Waals surface area contributed by atoms with Crippen LogP contribution in [0, 0.1) is 23.2 Å². The number of nitrogens with zero attached hydrogens (tertiary/aromatic N) is 1. The SMILES string of the molecule is O=P1(N(CCCl)CCCl)NCC23CC4CC(CC(C4)C2O1)C3. The number of nitrogens with one attached hydrogen (secondary N) is 1. The monoisotopic (exact) mass is 366 g/mol. The maximum absolute atomic E-state index is 13.4. The van der Waals surface area contributed by atoms with Crippen LogP contribution >= 0.6 is 30.9 Å². The average Bonchev–Trinajstić information content (AvgIpc) is 2.48. The summed E-state index contributed by atoms with van der Waals surface area (Å²) in [7, 11) is -3.00. The molecule has 0 radical (unpaired) electrons. The first-order chi connectivity index (χ1) is 10.6. The van der Waals surface area contributed by atoms with E-state index in [2.05, 4.69) is 5.09 Å². The Hall–Kier alpha value is 0.690. The highest BCUT2D eigenvalue weighted by Gasteiger charge is 2.61. The molecular formula is C15H25Cl2N2O2P. The van der Waals surface area contributed by atoms with Crippen molar-refractivity contribution in [3.05, 3.63) is 0 Å². The Morgan fingerprint density at radius 3 is 2.36 bits per heavy atom. The largest absolute Gasteiger partial charge is 0.343 e. The van der Waals surface area contributed by atoms with Crippen molar-refractivity contribution in [2.75, 3.05) is 31.4 Å². The normalized spacial score (nSPS) is 49.6. The summed E-state index contributed by atoms with van der Waals surface area (Å²) in [6.07, 6.45) is 6.63. The molecule has 4 aliphatic carbocycles. The van der Waals surface area contributed by atoms with Crippen LogP contribution in [0.2, 0.25) is 0 Å². The first-order valence-corrected chi connectivity index (χ1v) is 11.1. The van der Waals surface area contributed by atoms with E-state index in [4.69, 9.17) is 27.7 Å². The predicted molar refractivity (Wildman–Crippen MR) is 89.5 cm³/mol. The van der Waals surface area contributed by atoms with Gasteiger partial charge in [-0.15, -0.1) is 23.2 Å².